The first-order valence-electron chi connectivity index (χ1n) is 5.87. The van der Waals surface area contributed by atoms with E-state index in [-0.39, 0.29) is 17.9 Å². The largest absolute Gasteiger partial charge is 0.370 e. The van der Waals surface area contributed by atoms with E-state index in [0.717, 1.165) is 19.4 Å². The molecule has 0 aliphatic rings. The Morgan fingerprint density at radius 2 is 1.94 bits per heavy atom. The van der Waals surface area contributed by atoms with Crippen molar-refractivity contribution in [2.24, 2.45) is 5.73 Å². The number of carbonyl (C=O) groups is 2. The maximum Gasteiger partial charge on any atom is 0.236 e. The van der Waals surface area contributed by atoms with Gasteiger partial charge in [-0.05, 0) is 26.3 Å². The van der Waals surface area contributed by atoms with Crippen LogP contribution in [0.5, 0.6) is 0 Å². The molecule has 0 saturated heterocycles. The number of nitrogens with two attached hydrogens (primary N) is 1. The summed E-state index contributed by atoms with van der Waals surface area (Å²) in [4.78, 5) is 21.9. The third-order valence-corrected chi connectivity index (χ3v) is 2.27. The molecule has 0 aliphatic carbocycles. The highest BCUT2D eigenvalue weighted by Crippen LogP contribution is 1.89. The monoisotopic (exact) mass is 229 g/mol. The van der Waals surface area contributed by atoms with E-state index in [0.29, 0.717) is 19.4 Å². The zero-order valence-electron chi connectivity index (χ0n) is 10.2. The van der Waals surface area contributed by atoms with Crippen molar-refractivity contribution in [2.45, 2.75) is 45.6 Å². The minimum atomic E-state index is -0.304. The summed E-state index contributed by atoms with van der Waals surface area (Å²) in [7, 11) is 0. The lowest BCUT2D eigenvalue weighted by Gasteiger charge is -2.13. The number of hydrogen-bond acceptors (Lipinski definition) is 3. The highest BCUT2D eigenvalue weighted by Gasteiger charge is 2.10. The van der Waals surface area contributed by atoms with Crippen LogP contribution in [0.3, 0.4) is 0 Å². The molecule has 16 heavy (non-hydrogen) atoms. The summed E-state index contributed by atoms with van der Waals surface area (Å²) in [6.07, 6.45) is 3.10. The van der Waals surface area contributed by atoms with Gasteiger partial charge in [-0.3, -0.25) is 9.59 Å². The number of rotatable bonds is 9. The molecule has 5 nitrogen and oxygen atoms in total. The predicted molar refractivity (Wildman–Crippen MR) is 63.8 cm³/mol. The maximum absolute atomic E-state index is 11.5. The van der Waals surface area contributed by atoms with Gasteiger partial charge in [-0.2, -0.15) is 0 Å². The van der Waals surface area contributed by atoms with E-state index in [1.807, 2.05) is 6.92 Å². The second-order valence-corrected chi connectivity index (χ2v) is 3.89. The molecule has 0 aromatic heterocycles. The Balaban J connectivity index is 3.51. The van der Waals surface area contributed by atoms with Crippen molar-refractivity contribution in [1.29, 1.82) is 0 Å². The summed E-state index contributed by atoms with van der Waals surface area (Å²) < 4.78 is 0. The van der Waals surface area contributed by atoms with Crippen molar-refractivity contribution in [3.8, 4) is 0 Å². The van der Waals surface area contributed by atoms with Gasteiger partial charge in [0, 0.05) is 13.0 Å². The SMILES string of the molecule is CCCCNC(=O)C(C)NCCCC(N)=O. The fourth-order valence-electron chi connectivity index (χ4n) is 1.22. The molecule has 0 radical (unpaired) electrons. The van der Waals surface area contributed by atoms with E-state index in [1.165, 1.54) is 0 Å². The van der Waals surface area contributed by atoms with Crippen LogP contribution in [-0.2, 0) is 9.59 Å². The number of amides is 2. The average Bonchev–Trinajstić information content (AvgIpc) is 2.24. The van der Waals surface area contributed by atoms with E-state index in [9.17, 15) is 9.59 Å². The third-order valence-electron chi connectivity index (χ3n) is 2.27. The molecule has 0 aromatic rings. The average molecular weight is 229 g/mol. The molecule has 0 spiro atoms. The normalized spacial score (nSPS) is 12.1. The van der Waals surface area contributed by atoms with Crippen LogP contribution in [0.2, 0.25) is 0 Å². The fraction of sp³-hybridized carbons (Fsp3) is 0.818. The molecule has 0 saturated carbocycles. The molecule has 0 heterocycles. The van der Waals surface area contributed by atoms with Gasteiger partial charge in [0.1, 0.15) is 0 Å². The van der Waals surface area contributed by atoms with Crippen molar-refractivity contribution in [3.05, 3.63) is 0 Å². The molecule has 0 rings (SSSR count). The van der Waals surface area contributed by atoms with Gasteiger partial charge in [-0.25, -0.2) is 0 Å². The van der Waals surface area contributed by atoms with Crippen molar-refractivity contribution < 1.29 is 9.59 Å². The van der Waals surface area contributed by atoms with Crippen LogP contribution >= 0.6 is 0 Å². The molecular formula is C11H23N3O2. The van der Waals surface area contributed by atoms with Gasteiger partial charge in [0.25, 0.3) is 0 Å². The Morgan fingerprint density at radius 3 is 2.50 bits per heavy atom. The first kappa shape index (κ1) is 14.9. The van der Waals surface area contributed by atoms with Gasteiger partial charge in [0.2, 0.25) is 11.8 Å². The second-order valence-electron chi connectivity index (χ2n) is 3.89. The topological polar surface area (TPSA) is 84.2 Å². The van der Waals surface area contributed by atoms with Crippen LogP contribution in [-0.4, -0.2) is 30.9 Å². The van der Waals surface area contributed by atoms with E-state index < -0.39 is 0 Å². The highest BCUT2D eigenvalue weighted by atomic mass is 16.2. The molecule has 0 aliphatic heterocycles. The third kappa shape index (κ3) is 8.23. The zero-order valence-corrected chi connectivity index (χ0v) is 10.2. The van der Waals surface area contributed by atoms with Gasteiger partial charge in [0.15, 0.2) is 0 Å². The van der Waals surface area contributed by atoms with Crippen molar-refractivity contribution in [1.82, 2.24) is 10.6 Å². The first-order valence-corrected chi connectivity index (χ1v) is 5.87. The number of primary amides is 1. The van der Waals surface area contributed by atoms with Crippen LogP contribution < -0.4 is 16.4 Å². The zero-order chi connectivity index (χ0) is 12.4. The Kier molecular flexibility index (Phi) is 8.52. The lowest BCUT2D eigenvalue weighted by molar-refractivity contribution is -0.122. The summed E-state index contributed by atoms with van der Waals surface area (Å²) in [6.45, 7) is 5.25. The van der Waals surface area contributed by atoms with Crippen molar-refractivity contribution in [3.63, 3.8) is 0 Å². The Hall–Kier alpha value is -1.10. The predicted octanol–water partition coefficient (Wildman–Crippen LogP) is 0.146. The fourth-order valence-corrected chi connectivity index (χ4v) is 1.22. The van der Waals surface area contributed by atoms with E-state index in [1.54, 1.807) is 0 Å². The molecular weight excluding hydrogens is 206 g/mol. The van der Waals surface area contributed by atoms with Gasteiger partial charge in [-0.15, -0.1) is 0 Å². The van der Waals surface area contributed by atoms with Crippen LogP contribution in [0.1, 0.15) is 39.5 Å². The van der Waals surface area contributed by atoms with Gasteiger partial charge >= 0.3 is 0 Å². The van der Waals surface area contributed by atoms with Crippen LogP contribution in [0.25, 0.3) is 0 Å². The summed E-state index contributed by atoms with van der Waals surface area (Å²) in [6, 6.07) is -0.218. The lowest BCUT2D eigenvalue weighted by Crippen LogP contribution is -2.42. The van der Waals surface area contributed by atoms with E-state index in [4.69, 9.17) is 5.73 Å². The summed E-state index contributed by atoms with van der Waals surface area (Å²) in [5.74, 6) is -0.297. The van der Waals surface area contributed by atoms with Crippen molar-refractivity contribution in [2.75, 3.05) is 13.1 Å². The Morgan fingerprint density at radius 1 is 1.25 bits per heavy atom. The molecule has 0 fully saturated rings. The van der Waals surface area contributed by atoms with Crippen molar-refractivity contribution >= 4 is 11.8 Å². The van der Waals surface area contributed by atoms with E-state index in [2.05, 4.69) is 17.6 Å². The minimum Gasteiger partial charge on any atom is -0.370 e. The summed E-state index contributed by atoms with van der Waals surface area (Å²) in [5.41, 5.74) is 5.00. The smallest absolute Gasteiger partial charge is 0.236 e. The molecule has 1 unspecified atom stereocenters. The molecule has 4 N–H and O–H groups in total. The maximum atomic E-state index is 11.5. The van der Waals surface area contributed by atoms with Gasteiger partial charge in [0.05, 0.1) is 6.04 Å². The standard InChI is InChI=1S/C11H23N3O2/c1-3-4-7-14-11(16)9(2)13-8-5-6-10(12)15/h9,13H,3-8H2,1-2H3,(H2,12,15)(H,14,16). The molecule has 94 valence electrons. The molecule has 0 aromatic carbocycles. The van der Waals surface area contributed by atoms with Gasteiger partial charge in [-0.1, -0.05) is 13.3 Å². The summed E-state index contributed by atoms with van der Waals surface area (Å²) in [5, 5.41) is 5.88. The second kappa shape index (κ2) is 9.15. The minimum absolute atomic E-state index is 0.00697. The van der Waals surface area contributed by atoms with Crippen LogP contribution in [0.4, 0.5) is 0 Å². The number of unbranched alkanes of at least 4 members (excludes halogenated alkanes) is 1. The van der Waals surface area contributed by atoms with Crippen LogP contribution in [0.15, 0.2) is 0 Å². The van der Waals surface area contributed by atoms with Gasteiger partial charge < -0.3 is 16.4 Å². The quantitative estimate of drug-likeness (QED) is 0.492. The first-order chi connectivity index (χ1) is 7.57. The number of nitrogens with one attached hydrogen (secondary N) is 2. The Labute approximate surface area is 97.2 Å². The molecule has 0 bridgehead atoms. The van der Waals surface area contributed by atoms with E-state index >= 15 is 0 Å². The Bertz CT molecular complexity index is 219. The molecule has 1 atom stereocenters. The molecule has 5 heteroatoms. The van der Waals surface area contributed by atoms with Crippen LogP contribution in [0, 0.1) is 0 Å². The molecule has 2 amide bonds. The lowest BCUT2D eigenvalue weighted by atomic mass is 10.2. The number of hydrogen-bond donors (Lipinski definition) is 3. The highest BCUT2D eigenvalue weighted by molar-refractivity contribution is 5.81. The summed E-state index contributed by atoms with van der Waals surface area (Å²) >= 11 is 0. The number of carbonyl (C=O) groups excluding carboxylic acids is 2.